The van der Waals surface area contributed by atoms with Crippen LogP contribution in [0.3, 0.4) is 0 Å². The average molecular weight is 191 g/mol. The molecule has 0 fully saturated rings. The summed E-state index contributed by atoms with van der Waals surface area (Å²) in [4.78, 5) is 13.5. The van der Waals surface area contributed by atoms with Crippen LogP contribution in [0, 0.1) is 5.82 Å². The maximum absolute atomic E-state index is 12.9. The van der Waals surface area contributed by atoms with Crippen molar-refractivity contribution in [1.29, 1.82) is 0 Å². The summed E-state index contributed by atoms with van der Waals surface area (Å²) in [7, 11) is 0. The standard InChI is InChI=1S/C11H10FNO/c12-10-4-3-8-1-2-9(6-13-7-14)11(8)5-10/h3-5,9H,1-2,6H2. The van der Waals surface area contributed by atoms with Crippen molar-refractivity contribution in [3.8, 4) is 0 Å². The summed E-state index contributed by atoms with van der Waals surface area (Å²) in [5, 5.41) is 0. The van der Waals surface area contributed by atoms with Crippen LogP contribution in [0.25, 0.3) is 0 Å². The second-order valence-corrected chi connectivity index (χ2v) is 3.51. The van der Waals surface area contributed by atoms with E-state index >= 15 is 0 Å². The lowest BCUT2D eigenvalue weighted by Gasteiger charge is -2.06. The molecule has 0 bridgehead atoms. The summed E-state index contributed by atoms with van der Waals surface area (Å²) in [5.41, 5.74) is 2.18. The number of benzene rings is 1. The lowest BCUT2D eigenvalue weighted by Crippen LogP contribution is -1.98. The Morgan fingerprint density at radius 3 is 3.21 bits per heavy atom. The number of aliphatic imine (C=N–C) groups is 1. The first kappa shape index (κ1) is 9.10. The van der Waals surface area contributed by atoms with Crippen molar-refractivity contribution in [3.63, 3.8) is 0 Å². The molecule has 3 heteroatoms. The lowest BCUT2D eigenvalue weighted by molar-refractivity contribution is 0.560. The summed E-state index contributed by atoms with van der Waals surface area (Å²) < 4.78 is 12.9. The lowest BCUT2D eigenvalue weighted by atomic mass is 10.0. The monoisotopic (exact) mass is 191 g/mol. The zero-order chi connectivity index (χ0) is 9.97. The smallest absolute Gasteiger partial charge is 0.211 e. The Morgan fingerprint density at radius 2 is 2.43 bits per heavy atom. The molecule has 0 amide bonds. The first-order valence-corrected chi connectivity index (χ1v) is 4.63. The highest BCUT2D eigenvalue weighted by Gasteiger charge is 2.22. The summed E-state index contributed by atoms with van der Waals surface area (Å²) in [6, 6.07) is 4.84. The Hall–Kier alpha value is -1.47. The number of fused-ring (bicyclic) bond motifs is 1. The predicted octanol–water partition coefficient (Wildman–Crippen LogP) is 2.19. The van der Waals surface area contributed by atoms with Crippen molar-refractivity contribution in [3.05, 3.63) is 35.1 Å². The van der Waals surface area contributed by atoms with Gasteiger partial charge in [-0.1, -0.05) is 6.07 Å². The Morgan fingerprint density at radius 1 is 1.57 bits per heavy atom. The highest BCUT2D eigenvalue weighted by Crippen LogP contribution is 2.33. The fourth-order valence-corrected chi connectivity index (χ4v) is 2.00. The van der Waals surface area contributed by atoms with Gasteiger partial charge in [0.05, 0.1) is 6.54 Å². The molecule has 1 aromatic rings. The van der Waals surface area contributed by atoms with Crippen LogP contribution >= 0.6 is 0 Å². The van der Waals surface area contributed by atoms with E-state index in [0.717, 1.165) is 18.4 Å². The molecule has 14 heavy (non-hydrogen) atoms. The summed E-state index contributed by atoms with van der Waals surface area (Å²) >= 11 is 0. The topological polar surface area (TPSA) is 29.4 Å². The van der Waals surface area contributed by atoms with Gasteiger partial charge < -0.3 is 0 Å². The van der Waals surface area contributed by atoms with Crippen LogP contribution in [-0.4, -0.2) is 12.6 Å². The minimum Gasteiger partial charge on any atom is -0.211 e. The number of isocyanates is 1. The van der Waals surface area contributed by atoms with Crippen LogP contribution in [0.4, 0.5) is 4.39 Å². The normalized spacial score (nSPS) is 18.8. The number of hydrogen-bond acceptors (Lipinski definition) is 2. The molecule has 1 atom stereocenters. The number of carbonyl (C=O) groups excluding carboxylic acids is 1. The maximum Gasteiger partial charge on any atom is 0.234 e. The Balaban J connectivity index is 2.28. The van der Waals surface area contributed by atoms with Gasteiger partial charge in [0.2, 0.25) is 6.08 Å². The molecule has 2 nitrogen and oxygen atoms in total. The van der Waals surface area contributed by atoms with Crippen LogP contribution in [0.1, 0.15) is 23.5 Å². The van der Waals surface area contributed by atoms with E-state index in [0.29, 0.717) is 6.54 Å². The molecule has 0 saturated carbocycles. The minimum absolute atomic E-state index is 0.196. The second kappa shape index (κ2) is 3.72. The Labute approximate surface area is 81.5 Å². The van der Waals surface area contributed by atoms with Crippen molar-refractivity contribution < 1.29 is 9.18 Å². The van der Waals surface area contributed by atoms with Crippen LogP contribution in [0.15, 0.2) is 23.2 Å². The molecular weight excluding hydrogens is 181 g/mol. The third-order valence-corrected chi connectivity index (χ3v) is 2.69. The van der Waals surface area contributed by atoms with Crippen LogP contribution < -0.4 is 0 Å². The predicted molar refractivity (Wildman–Crippen MR) is 50.5 cm³/mol. The molecule has 0 N–H and O–H groups in total. The van der Waals surface area contributed by atoms with Gasteiger partial charge in [-0.05, 0) is 36.1 Å². The molecule has 0 aliphatic heterocycles. The van der Waals surface area contributed by atoms with Gasteiger partial charge in [0, 0.05) is 5.92 Å². The third kappa shape index (κ3) is 1.59. The molecule has 1 unspecified atom stereocenters. The van der Waals surface area contributed by atoms with Gasteiger partial charge in [0.15, 0.2) is 0 Å². The van der Waals surface area contributed by atoms with Gasteiger partial charge in [-0.3, -0.25) is 0 Å². The molecule has 0 heterocycles. The summed E-state index contributed by atoms with van der Waals surface area (Å²) in [6.07, 6.45) is 3.42. The van der Waals surface area contributed by atoms with Crippen LogP contribution in [0.5, 0.6) is 0 Å². The number of rotatable bonds is 2. The largest absolute Gasteiger partial charge is 0.234 e. The van der Waals surface area contributed by atoms with E-state index < -0.39 is 0 Å². The van der Waals surface area contributed by atoms with Crippen molar-refractivity contribution in [1.82, 2.24) is 0 Å². The molecule has 0 spiro atoms. The highest BCUT2D eigenvalue weighted by molar-refractivity contribution is 5.37. The van der Waals surface area contributed by atoms with Crippen molar-refractivity contribution in [2.75, 3.05) is 6.54 Å². The first-order valence-electron chi connectivity index (χ1n) is 4.63. The van der Waals surface area contributed by atoms with Gasteiger partial charge in [-0.15, -0.1) is 0 Å². The van der Waals surface area contributed by atoms with E-state index in [-0.39, 0.29) is 11.7 Å². The van der Waals surface area contributed by atoms with E-state index in [1.807, 2.05) is 6.07 Å². The Kier molecular flexibility index (Phi) is 2.42. The number of hydrogen-bond donors (Lipinski definition) is 0. The number of nitrogens with zero attached hydrogens (tertiary/aromatic N) is 1. The zero-order valence-electron chi connectivity index (χ0n) is 7.66. The van der Waals surface area contributed by atoms with Crippen LogP contribution in [-0.2, 0) is 11.2 Å². The molecule has 0 radical (unpaired) electrons. The second-order valence-electron chi connectivity index (χ2n) is 3.51. The molecular formula is C11H10FNO. The quantitative estimate of drug-likeness (QED) is 0.520. The van der Waals surface area contributed by atoms with E-state index in [1.165, 1.54) is 17.7 Å². The van der Waals surface area contributed by atoms with Gasteiger partial charge >= 0.3 is 0 Å². The van der Waals surface area contributed by atoms with Gasteiger partial charge in [0.25, 0.3) is 0 Å². The van der Waals surface area contributed by atoms with E-state index in [2.05, 4.69) is 4.99 Å². The molecule has 2 rings (SSSR count). The SMILES string of the molecule is O=C=NCC1CCc2ccc(F)cc21. The number of aryl methyl sites for hydroxylation is 1. The van der Waals surface area contributed by atoms with Gasteiger partial charge in [-0.25, -0.2) is 14.2 Å². The molecule has 1 aliphatic rings. The first-order chi connectivity index (χ1) is 6.81. The van der Waals surface area contributed by atoms with Crippen molar-refractivity contribution in [2.24, 2.45) is 4.99 Å². The fraction of sp³-hybridized carbons (Fsp3) is 0.364. The summed E-state index contributed by atoms with van der Waals surface area (Å²) in [5.74, 6) is -0.0205. The van der Waals surface area contributed by atoms with Gasteiger partial charge in [0.1, 0.15) is 5.82 Å². The number of halogens is 1. The molecule has 72 valence electrons. The van der Waals surface area contributed by atoms with E-state index in [4.69, 9.17) is 0 Å². The molecule has 0 saturated heterocycles. The third-order valence-electron chi connectivity index (χ3n) is 2.69. The zero-order valence-corrected chi connectivity index (χ0v) is 7.66. The summed E-state index contributed by atoms with van der Waals surface area (Å²) in [6.45, 7) is 0.431. The van der Waals surface area contributed by atoms with Crippen LogP contribution in [0.2, 0.25) is 0 Å². The van der Waals surface area contributed by atoms with Crippen molar-refractivity contribution >= 4 is 6.08 Å². The van der Waals surface area contributed by atoms with E-state index in [1.54, 1.807) is 6.07 Å². The average Bonchev–Trinajstić information content (AvgIpc) is 2.57. The fourth-order valence-electron chi connectivity index (χ4n) is 2.00. The van der Waals surface area contributed by atoms with Gasteiger partial charge in [-0.2, -0.15) is 0 Å². The molecule has 1 aromatic carbocycles. The maximum atomic E-state index is 12.9. The Bertz CT molecular complexity index is 396. The molecule has 1 aliphatic carbocycles. The molecule has 0 aromatic heterocycles. The highest BCUT2D eigenvalue weighted by atomic mass is 19.1. The van der Waals surface area contributed by atoms with E-state index in [9.17, 15) is 9.18 Å². The van der Waals surface area contributed by atoms with Crippen molar-refractivity contribution in [2.45, 2.75) is 18.8 Å². The minimum atomic E-state index is -0.217.